The van der Waals surface area contributed by atoms with Crippen LogP contribution in [-0.2, 0) is 0 Å². The Kier molecular flexibility index (Phi) is 3.03. The Morgan fingerprint density at radius 3 is 2.95 bits per heavy atom. The lowest BCUT2D eigenvalue weighted by molar-refractivity contribution is 0.0729. The van der Waals surface area contributed by atoms with Gasteiger partial charge >= 0.3 is 0 Å². The van der Waals surface area contributed by atoms with Gasteiger partial charge in [-0.1, -0.05) is 0 Å². The summed E-state index contributed by atoms with van der Waals surface area (Å²) in [6.07, 6.45) is 8.40. The number of pyridine rings is 1. The molecular weight excluding hydrogens is 280 g/mol. The van der Waals surface area contributed by atoms with Crippen molar-refractivity contribution in [2.24, 2.45) is 0 Å². The van der Waals surface area contributed by atoms with Crippen molar-refractivity contribution in [2.75, 3.05) is 6.54 Å². The summed E-state index contributed by atoms with van der Waals surface area (Å²) in [5, 5.41) is 0. The second-order valence-electron chi connectivity index (χ2n) is 5.26. The minimum atomic E-state index is -0.0637. The quantitative estimate of drug-likeness (QED) is 0.777. The molecule has 0 radical (unpaired) electrons. The number of nitrogens with one attached hydrogen (secondary N) is 1. The molecule has 0 saturated carbocycles. The van der Waals surface area contributed by atoms with Crippen molar-refractivity contribution >= 4 is 17.1 Å². The van der Waals surface area contributed by atoms with E-state index < -0.39 is 0 Å². The highest BCUT2D eigenvalue weighted by atomic mass is 16.2. The third-order valence-electron chi connectivity index (χ3n) is 3.92. The zero-order chi connectivity index (χ0) is 14.9. The molecule has 7 nitrogen and oxygen atoms in total. The number of fused-ring (bicyclic) bond motifs is 1. The van der Waals surface area contributed by atoms with Gasteiger partial charge in [0.1, 0.15) is 0 Å². The average Bonchev–Trinajstić information content (AvgIpc) is 3.23. The zero-order valence-corrected chi connectivity index (χ0v) is 11.8. The number of aromatic nitrogens is 5. The SMILES string of the molecule is O=C(c1cnc2nc[nH]c2c1)N1CCCC1c1ncccn1. The van der Waals surface area contributed by atoms with Gasteiger partial charge in [0.05, 0.1) is 23.4 Å². The van der Waals surface area contributed by atoms with Crippen LogP contribution in [0.2, 0.25) is 0 Å². The molecule has 110 valence electrons. The summed E-state index contributed by atoms with van der Waals surface area (Å²) in [5.41, 5.74) is 1.93. The smallest absolute Gasteiger partial charge is 0.256 e. The van der Waals surface area contributed by atoms with Crippen molar-refractivity contribution < 1.29 is 4.79 Å². The highest BCUT2D eigenvalue weighted by Crippen LogP contribution is 2.31. The summed E-state index contributed by atoms with van der Waals surface area (Å²) in [6, 6.07) is 3.51. The molecule has 3 aromatic heterocycles. The van der Waals surface area contributed by atoms with E-state index in [1.165, 1.54) is 0 Å². The number of carbonyl (C=O) groups is 1. The van der Waals surface area contributed by atoms with Crippen LogP contribution in [0.4, 0.5) is 0 Å². The van der Waals surface area contributed by atoms with Gasteiger partial charge in [-0.25, -0.2) is 19.9 Å². The summed E-state index contributed by atoms with van der Waals surface area (Å²) in [6.45, 7) is 0.711. The first-order valence-electron chi connectivity index (χ1n) is 7.20. The van der Waals surface area contributed by atoms with E-state index in [1.807, 2.05) is 4.90 Å². The molecule has 0 aromatic carbocycles. The Balaban J connectivity index is 1.66. The van der Waals surface area contributed by atoms with Crippen LogP contribution in [-0.4, -0.2) is 42.3 Å². The molecule has 22 heavy (non-hydrogen) atoms. The normalized spacial score (nSPS) is 18.0. The second kappa shape index (κ2) is 5.18. The van der Waals surface area contributed by atoms with Crippen molar-refractivity contribution in [3.63, 3.8) is 0 Å². The second-order valence-corrected chi connectivity index (χ2v) is 5.26. The molecule has 3 aromatic rings. The fraction of sp³-hybridized carbons (Fsp3) is 0.267. The number of nitrogens with zero attached hydrogens (tertiary/aromatic N) is 5. The topological polar surface area (TPSA) is 87.7 Å². The zero-order valence-electron chi connectivity index (χ0n) is 11.8. The molecule has 0 spiro atoms. The van der Waals surface area contributed by atoms with Gasteiger partial charge < -0.3 is 9.88 Å². The fourth-order valence-electron chi connectivity index (χ4n) is 2.87. The van der Waals surface area contributed by atoms with E-state index in [2.05, 4.69) is 24.9 Å². The minimum absolute atomic E-state index is 0.0426. The molecule has 0 bridgehead atoms. The number of amides is 1. The molecule has 4 rings (SSSR count). The van der Waals surface area contributed by atoms with E-state index in [9.17, 15) is 4.79 Å². The number of hydrogen-bond donors (Lipinski definition) is 1. The van der Waals surface area contributed by atoms with E-state index in [0.29, 0.717) is 23.6 Å². The Bertz CT molecular complexity index is 815. The van der Waals surface area contributed by atoms with E-state index in [4.69, 9.17) is 0 Å². The molecule has 1 atom stereocenters. The molecule has 4 heterocycles. The summed E-state index contributed by atoms with van der Waals surface area (Å²) >= 11 is 0. The number of carbonyl (C=O) groups excluding carboxylic acids is 1. The third-order valence-corrected chi connectivity index (χ3v) is 3.92. The van der Waals surface area contributed by atoms with Gasteiger partial charge in [-0.3, -0.25) is 4.79 Å². The molecule has 0 aliphatic carbocycles. The molecule has 7 heteroatoms. The predicted octanol–water partition coefficient (Wildman–Crippen LogP) is 1.73. The summed E-state index contributed by atoms with van der Waals surface area (Å²) < 4.78 is 0. The van der Waals surface area contributed by atoms with Crippen LogP contribution < -0.4 is 0 Å². The number of imidazole rings is 1. The van der Waals surface area contributed by atoms with E-state index in [0.717, 1.165) is 18.4 Å². The van der Waals surface area contributed by atoms with Crippen LogP contribution >= 0.6 is 0 Å². The van der Waals surface area contributed by atoms with Crippen molar-refractivity contribution in [2.45, 2.75) is 18.9 Å². The molecule has 1 N–H and O–H groups in total. The first-order valence-corrected chi connectivity index (χ1v) is 7.20. The van der Waals surface area contributed by atoms with E-state index in [-0.39, 0.29) is 11.9 Å². The van der Waals surface area contributed by atoms with Gasteiger partial charge in [0, 0.05) is 25.1 Å². The minimum Gasteiger partial charge on any atom is -0.343 e. The lowest BCUT2D eigenvalue weighted by Crippen LogP contribution is -2.31. The first kappa shape index (κ1) is 12.9. The van der Waals surface area contributed by atoms with Gasteiger partial charge in [-0.05, 0) is 25.0 Å². The maximum absolute atomic E-state index is 12.8. The van der Waals surface area contributed by atoms with Gasteiger partial charge in [0.2, 0.25) is 0 Å². The number of hydrogen-bond acceptors (Lipinski definition) is 5. The molecule has 1 fully saturated rings. The summed E-state index contributed by atoms with van der Waals surface area (Å²) in [5.74, 6) is 0.655. The molecule has 1 unspecified atom stereocenters. The first-order chi connectivity index (χ1) is 10.8. The summed E-state index contributed by atoms with van der Waals surface area (Å²) in [7, 11) is 0. The Labute approximate surface area is 126 Å². The van der Waals surface area contributed by atoms with Crippen molar-refractivity contribution in [1.29, 1.82) is 0 Å². The average molecular weight is 294 g/mol. The highest BCUT2D eigenvalue weighted by Gasteiger charge is 2.32. The number of likely N-dealkylation sites (tertiary alicyclic amines) is 1. The van der Waals surface area contributed by atoms with Crippen molar-refractivity contribution in [3.05, 3.63) is 48.4 Å². The van der Waals surface area contributed by atoms with E-state index >= 15 is 0 Å². The van der Waals surface area contributed by atoms with Crippen LogP contribution in [0.25, 0.3) is 11.2 Å². The molecule has 1 aliphatic heterocycles. The molecular formula is C15H14N6O. The standard InChI is InChI=1S/C15H14N6O/c22-15(10-7-11-13(18-8-10)20-9-19-11)21-6-1-3-12(21)14-16-4-2-5-17-14/h2,4-5,7-9,12H,1,3,6H2,(H,18,19,20). The molecule has 1 saturated heterocycles. The molecule has 1 amide bonds. The number of H-pyrrole nitrogens is 1. The Morgan fingerprint density at radius 1 is 1.23 bits per heavy atom. The summed E-state index contributed by atoms with van der Waals surface area (Å²) in [4.78, 5) is 34.5. The van der Waals surface area contributed by atoms with Crippen molar-refractivity contribution in [1.82, 2.24) is 29.8 Å². The lowest BCUT2D eigenvalue weighted by Gasteiger charge is -2.23. The predicted molar refractivity (Wildman–Crippen MR) is 78.9 cm³/mol. The van der Waals surface area contributed by atoms with Crippen LogP contribution in [0, 0.1) is 0 Å². The maximum atomic E-state index is 12.8. The highest BCUT2D eigenvalue weighted by molar-refractivity contribution is 5.96. The largest absolute Gasteiger partial charge is 0.343 e. The van der Waals surface area contributed by atoms with Gasteiger partial charge in [-0.15, -0.1) is 0 Å². The van der Waals surface area contributed by atoms with Crippen LogP contribution in [0.3, 0.4) is 0 Å². The Hall–Kier alpha value is -2.83. The van der Waals surface area contributed by atoms with Gasteiger partial charge in [0.15, 0.2) is 11.5 Å². The fourth-order valence-corrected chi connectivity index (χ4v) is 2.87. The van der Waals surface area contributed by atoms with Gasteiger partial charge in [0.25, 0.3) is 5.91 Å². The molecule has 1 aliphatic rings. The van der Waals surface area contributed by atoms with Gasteiger partial charge in [-0.2, -0.15) is 0 Å². The van der Waals surface area contributed by atoms with Crippen LogP contribution in [0.5, 0.6) is 0 Å². The van der Waals surface area contributed by atoms with Crippen LogP contribution in [0.15, 0.2) is 37.1 Å². The van der Waals surface area contributed by atoms with Crippen molar-refractivity contribution in [3.8, 4) is 0 Å². The number of rotatable bonds is 2. The lowest BCUT2D eigenvalue weighted by atomic mass is 10.2. The number of aromatic amines is 1. The maximum Gasteiger partial charge on any atom is 0.256 e. The third kappa shape index (κ3) is 2.11. The Morgan fingerprint density at radius 2 is 2.09 bits per heavy atom. The van der Waals surface area contributed by atoms with E-state index in [1.54, 1.807) is 37.1 Å². The monoisotopic (exact) mass is 294 g/mol. The van der Waals surface area contributed by atoms with Crippen LogP contribution in [0.1, 0.15) is 35.1 Å².